The number of rotatable bonds is 2. The molecule has 0 aromatic heterocycles. The summed E-state index contributed by atoms with van der Waals surface area (Å²) in [6.07, 6.45) is 8.50. The van der Waals surface area contributed by atoms with Crippen molar-refractivity contribution < 1.29 is 5.11 Å². The van der Waals surface area contributed by atoms with E-state index in [-0.39, 0.29) is 5.54 Å². The van der Waals surface area contributed by atoms with Crippen molar-refractivity contribution >= 4 is 0 Å². The first-order valence-electron chi connectivity index (χ1n) is 7.24. The summed E-state index contributed by atoms with van der Waals surface area (Å²) in [6.45, 7) is 10.6. The summed E-state index contributed by atoms with van der Waals surface area (Å²) in [5.41, 5.74) is -0.136. The Morgan fingerprint density at radius 3 is 1.76 bits per heavy atom. The summed E-state index contributed by atoms with van der Waals surface area (Å²) in [6, 6.07) is 0. The summed E-state index contributed by atoms with van der Waals surface area (Å²) < 4.78 is 0. The number of likely N-dealkylation sites (tertiary alicyclic amines) is 1. The summed E-state index contributed by atoms with van der Waals surface area (Å²) in [5, 5.41) is 10.3. The maximum atomic E-state index is 10.3. The van der Waals surface area contributed by atoms with Gasteiger partial charge >= 0.3 is 0 Å². The fraction of sp³-hybridized carbons (Fsp3) is 1.00. The van der Waals surface area contributed by atoms with Crippen molar-refractivity contribution in [2.45, 2.75) is 77.4 Å². The molecule has 0 bridgehead atoms. The van der Waals surface area contributed by atoms with E-state index in [0.717, 1.165) is 0 Å². The second kappa shape index (κ2) is 4.24. The molecule has 1 saturated carbocycles. The lowest BCUT2D eigenvalue weighted by molar-refractivity contribution is -0.148. The van der Waals surface area contributed by atoms with Crippen molar-refractivity contribution in [3.63, 3.8) is 0 Å². The minimum atomic E-state index is -0.626. The van der Waals surface area contributed by atoms with E-state index in [1.54, 1.807) is 0 Å². The standard InChI is InChI=1S/C15H29NO/c1-13(2,14(3,4)17)16-11-15(12-16)9-7-5-6-8-10-15/h17H,5-12H2,1-4H3. The maximum absolute atomic E-state index is 10.3. The molecule has 0 atom stereocenters. The van der Waals surface area contributed by atoms with E-state index >= 15 is 0 Å². The highest BCUT2D eigenvalue weighted by atomic mass is 16.3. The topological polar surface area (TPSA) is 23.5 Å². The minimum absolute atomic E-state index is 0.107. The van der Waals surface area contributed by atoms with Crippen LogP contribution in [-0.4, -0.2) is 34.2 Å². The summed E-state index contributed by atoms with van der Waals surface area (Å²) in [4.78, 5) is 2.48. The third-order valence-electron chi connectivity index (χ3n) is 5.50. The van der Waals surface area contributed by atoms with Crippen molar-refractivity contribution in [1.29, 1.82) is 0 Å². The van der Waals surface area contributed by atoms with Crippen molar-refractivity contribution in [1.82, 2.24) is 4.90 Å². The zero-order chi connectivity index (χ0) is 12.7. The molecule has 2 rings (SSSR count). The van der Waals surface area contributed by atoms with E-state index in [1.807, 2.05) is 13.8 Å². The fourth-order valence-corrected chi connectivity index (χ4v) is 3.34. The van der Waals surface area contributed by atoms with E-state index in [0.29, 0.717) is 5.41 Å². The van der Waals surface area contributed by atoms with Gasteiger partial charge in [-0.15, -0.1) is 0 Å². The molecule has 0 radical (unpaired) electrons. The molecule has 2 aliphatic rings. The molecule has 17 heavy (non-hydrogen) atoms. The Labute approximate surface area is 106 Å². The molecule has 0 aromatic carbocycles. The Bertz CT molecular complexity index is 261. The number of nitrogens with zero attached hydrogens (tertiary/aromatic N) is 1. The van der Waals surface area contributed by atoms with Crippen LogP contribution in [0.1, 0.15) is 66.2 Å². The SMILES string of the molecule is CC(C)(O)C(C)(C)N1CC2(CCCCCC2)C1. The monoisotopic (exact) mass is 239 g/mol. The molecule has 0 aromatic rings. The molecule has 1 N–H and O–H groups in total. The normalized spacial score (nSPS) is 26.6. The third kappa shape index (κ3) is 2.39. The average molecular weight is 239 g/mol. The van der Waals surface area contributed by atoms with Crippen LogP contribution in [0, 0.1) is 5.41 Å². The predicted octanol–water partition coefficient (Wildman–Crippen LogP) is 3.19. The molecule has 1 aliphatic carbocycles. The Balaban J connectivity index is 1.97. The van der Waals surface area contributed by atoms with Crippen LogP contribution in [-0.2, 0) is 0 Å². The van der Waals surface area contributed by atoms with Gasteiger partial charge in [0.2, 0.25) is 0 Å². The quantitative estimate of drug-likeness (QED) is 0.800. The zero-order valence-corrected chi connectivity index (χ0v) is 12.1. The Morgan fingerprint density at radius 1 is 0.882 bits per heavy atom. The smallest absolute Gasteiger partial charge is 0.0769 e. The van der Waals surface area contributed by atoms with E-state index in [2.05, 4.69) is 18.7 Å². The lowest BCUT2D eigenvalue weighted by Crippen LogP contribution is -2.69. The zero-order valence-electron chi connectivity index (χ0n) is 12.1. The first-order valence-corrected chi connectivity index (χ1v) is 7.24. The first kappa shape index (κ1) is 13.4. The van der Waals surface area contributed by atoms with E-state index in [1.165, 1.54) is 51.6 Å². The van der Waals surface area contributed by atoms with E-state index < -0.39 is 5.60 Å². The van der Waals surface area contributed by atoms with Crippen LogP contribution >= 0.6 is 0 Å². The van der Waals surface area contributed by atoms with Crippen molar-refractivity contribution in [3.05, 3.63) is 0 Å². The molecule has 0 unspecified atom stereocenters. The van der Waals surface area contributed by atoms with Crippen LogP contribution in [0.2, 0.25) is 0 Å². The second-order valence-corrected chi connectivity index (χ2v) is 7.39. The molecule has 2 heteroatoms. The van der Waals surface area contributed by atoms with Gasteiger partial charge in [-0.1, -0.05) is 25.7 Å². The molecule has 1 spiro atoms. The highest BCUT2D eigenvalue weighted by Crippen LogP contribution is 2.47. The van der Waals surface area contributed by atoms with Gasteiger partial charge in [-0.05, 0) is 46.0 Å². The van der Waals surface area contributed by atoms with Crippen LogP contribution in [0.15, 0.2) is 0 Å². The van der Waals surface area contributed by atoms with Gasteiger partial charge in [0.1, 0.15) is 0 Å². The third-order valence-corrected chi connectivity index (χ3v) is 5.50. The molecule has 100 valence electrons. The van der Waals surface area contributed by atoms with Crippen molar-refractivity contribution in [3.8, 4) is 0 Å². The highest BCUT2D eigenvalue weighted by Gasteiger charge is 2.51. The van der Waals surface area contributed by atoms with Crippen LogP contribution < -0.4 is 0 Å². The average Bonchev–Trinajstić information content (AvgIpc) is 2.37. The Hall–Kier alpha value is -0.0800. The van der Waals surface area contributed by atoms with Crippen LogP contribution in [0.4, 0.5) is 0 Å². The van der Waals surface area contributed by atoms with Gasteiger partial charge in [0.25, 0.3) is 0 Å². The van der Waals surface area contributed by atoms with Gasteiger partial charge in [0.15, 0.2) is 0 Å². The largest absolute Gasteiger partial charge is 0.389 e. The lowest BCUT2D eigenvalue weighted by Gasteiger charge is -2.60. The molecule has 1 heterocycles. The fourth-order valence-electron chi connectivity index (χ4n) is 3.34. The minimum Gasteiger partial charge on any atom is -0.389 e. The van der Waals surface area contributed by atoms with Gasteiger partial charge in [-0.2, -0.15) is 0 Å². The first-order chi connectivity index (χ1) is 7.77. The molecule has 2 fully saturated rings. The van der Waals surface area contributed by atoms with Crippen LogP contribution in [0.3, 0.4) is 0 Å². The molecule has 1 aliphatic heterocycles. The molecule has 0 amide bonds. The molecule has 1 saturated heterocycles. The number of hydrogen-bond donors (Lipinski definition) is 1. The van der Waals surface area contributed by atoms with Crippen molar-refractivity contribution in [2.24, 2.45) is 5.41 Å². The van der Waals surface area contributed by atoms with Crippen molar-refractivity contribution in [2.75, 3.05) is 13.1 Å². The number of aliphatic hydroxyl groups is 1. The van der Waals surface area contributed by atoms with E-state index in [4.69, 9.17) is 0 Å². The predicted molar refractivity (Wildman–Crippen MR) is 72.1 cm³/mol. The van der Waals surface area contributed by atoms with Gasteiger partial charge in [0.05, 0.1) is 5.60 Å². The maximum Gasteiger partial charge on any atom is 0.0769 e. The molecular weight excluding hydrogens is 210 g/mol. The molecule has 2 nitrogen and oxygen atoms in total. The van der Waals surface area contributed by atoms with Gasteiger partial charge in [-0.25, -0.2) is 0 Å². The Kier molecular flexibility index (Phi) is 3.33. The lowest BCUT2D eigenvalue weighted by atomic mass is 9.69. The van der Waals surface area contributed by atoms with Crippen LogP contribution in [0.25, 0.3) is 0 Å². The molecular formula is C15H29NO. The van der Waals surface area contributed by atoms with Gasteiger partial charge < -0.3 is 5.11 Å². The summed E-state index contributed by atoms with van der Waals surface area (Å²) in [5.74, 6) is 0. The second-order valence-electron chi connectivity index (χ2n) is 7.39. The highest BCUT2D eigenvalue weighted by molar-refractivity contribution is 5.06. The number of hydrogen-bond acceptors (Lipinski definition) is 2. The Morgan fingerprint density at radius 2 is 1.35 bits per heavy atom. The van der Waals surface area contributed by atoms with E-state index in [9.17, 15) is 5.11 Å². The van der Waals surface area contributed by atoms with Gasteiger partial charge in [-0.3, -0.25) is 4.90 Å². The summed E-state index contributed by atoms with van der Waals surface area (Å²) >= 11 is 0. The van der Waals surface area contributed by atoms with Gasteiger partial charge in [0, 0.05) is 18.6 Å². The van der Waals surface area contributed by atoms with Crippen LogP contribution in [0.5, 0.6) is 0 Å². The summed E-state index contributed by atoms with van der Waals surface area (Å²) in [7, 11) is 0.